The summed E-state index contributed by atoms with van der Waals surface area (Å²) in [5.74, 6) is -2.47. The molecule has 0 fully saturated rings. The second-order valence-electron chi connectivity index (χ2n) is 2.50. The first-order chi connectivity index (χ1) is 6.93. The summed E-state index contributed by atoms with van der Waals surface area (Å²) in [5.41, 5.74) is 0. The third-order valence-corrected chi connectivity index (χ3v) is 2.14. The fraction of sp³-hybridized carbons (Fsp3) is 0.222. The molecule has 15 heavy (non-hydrogen) atoms. The van der Waals surface area contributed by atoms with Crippen molar-refractivity contribution in [3.63, 3.8) is 0 Å². The first-order valence-electron chi connectivity index (χ1n) is 3.91. The first-order valence-corrected chi connectivity index (χ1v) is 4.79. The summed E-state index contributed by atoms with van der Waals surface area (Å²) in [5, 5.41) is 17.3. The van der Waals surface area contributed by atoms with Crippen LogP contribution in [0.1, 0.15) is 23.0 Å². The molecule has 82 valence electrons. The third-order valence-electron chi connectivity index (χ3n) is 1.17. The number of carbonyl (C=O) groups excluding carboxylic acids is 1. The van der Waals surface area contributed by atoms with Crippen molar-refractivity contribution in [2.24, 2.45) is 0 Å². The summed E-state index contributed by atoms with van der Waals surface area (Å²) in [6, 6.07) is 3.70. The molecule has 0 unspecified atom stereocenters. The van der Waals surface area contributed by atoms with E-state index in [0.717, 1.165) is 4.88 Å². The zero-order chi connectivity index (χ0) is 11.8. The van der Waals surface area contributed by atoms with Crippen LogP contribution in [0.2, 0.25) is 0 Å². The lowest BCUT2D eigenvalue weighted by Gasteiger charge is -1.80. The van der Waals surface area contributed by atoms with Gasteiger partial charge in [0.15, 0.2) is 5.78 Å². The quantitative estimate of drug-likeness (QED) is 0.606. The number of rotatable bonds is 3. The predicted octanol–water partition coefficient (Wildman–Crippen LogP) is 1.50. The molecule has 5 nitrogen and oxygen atoms in total. The fourth-order valence-corrected chi connectivity index (χ4v) is 1.24. The molecule has 0 bridgehead atoms. The highest BCUT2D eigenvalue weighted by Gasteiger charge is 2.01. The SMILES string of the molecule is CC(=O)c1cccs1.O=C(O)CC(=O)O. The zero-order valence-corrected chi connectivity index (χ0v) is 8.78. The minimum absolute atomic E-state index is 0.153. The standard InChI is InChI=1S/C6H6OS.C3H4O4/c1-5(7)6-3-2-4-8-6;4-2(5)1-3(6)7/h2-4H,1H3;1H2,(H,4,5)(H,6,7). The Kier molecular flexibility index (Phi) is 5.96. The van der Waals surface area contributed by atoms with Crippen molar-refractivity contribution in [3.8, 4) is 0 Å². The normalized spacial score (nSPS) is 8.60. The van der Waals surface area contributed by atoms with Crippen molar-refractivity contribution >= 4 is 29.1 Å². The predicted molar refractivity (Wildman–Crippen MR) is 54.2 cm³/mol. The molecule has 1 aromatic heterocycles. The molecule has 0 amide bonds. The number of aliphatic carboxylic acids is 2. The summed E-state index contributed by atoms with van der Waals surface area (Å²) >= 11 is 1.48. The summed E-state index contributed by atoms with van der Waals surface area (Å²) in [7, 11) is 0. The molecule has 0 aliphatic rings. The highest BCUT2D eigenvalue weighted by atomic mass is 32.1. The second-order valence-corrected chi connectivity index (χ2v) is 3.45. The van der Waals surface area contributed by atoms with E-state index in [9.17, 15) is 14.4 Å². The Labute approximate surface area is 90.0 Å². The lowest BCUT2D eigenvalue weighted by atomic mass is 10.4. The van der Waals surface area contributed by atoms with Crippen LogP contribution in [-0.2, 0) is 9.59 Å². The summed E-state index contributed by atoms with van der Waals surface area (Å²) < 4.78 is 0. The van der Waals surface area contributed by atoms with Gasteiger partial charge in [-0.25, -0.2) is 0 Å². The van der Waals surface area contributed by atoms with Crippen LogP contribution in [0.5, 0.6) is 0 Å². The van der Waals surface area contributed by atoms with Gasteiger partial charge in [-0.05, 0) is 18.4 Å². The van der Waals surface area contributed by atoms with E-state index in [1.54, 1.807) is 6.92 Å². The van der Waals surface area contributed by atoms with Crippen LogP contribution in [0.4, 0.5) is 0 Å². The molecule has 0 aliphatic carbocycles. The molecule has 0 saturated carbocycles. The van der Waals surface area contributed by atoms with Crippen LogP contribution in [0.15, 0.2) is 17.5 Å². The van der Waals surface area contributed by atoms with Gasteiger partial charge in [0.05, 0.1) is 4.88 Å². The van der Waals surface area contributed by atoms with Crippen LogP contribution in [-0.4, -0.2) is 27.9 Å². The van der Waals surface area contributed by atoms with Crippen molar-refractivity contribution in [1.82, 2.24) is 0 Å². The second kappa shape index (κ2) is 6.72. The smallest absolute Gasteiger partial charge is 0.314 e. The maximum atomic E-state index is 10.5. The number of hydrogen-bond donors (Lipinski definition) is 2. The largest absolute Gasteiger partial charge is 0.481 e. The molecule has 1 aromatic rings. The van der Waals surface area contributed by atoms with Crippen LogP contribution in [0, 0.1) is 0 Å². The van der Waals surface area contributed by atoms with Crippen molar-refractivity contribution in [2.45, 2.75) is 13.3 Å². The molecular weight excluding hydrogens is 220 g/mol. The number of hydrogen-bond acceptors (Lipinski definition) is 4. The average Bonchev–Trinajstić information content (AvgIpc) is 2.52. The molecule has 1 heterocycles. The first kappa shape index (κ1) is 13.3. The maximum Gasteiger partial charge on any atom is 0.314 e. The Hall–Kier alpha value is -1.69. The van der Waals surface area contributed by atoms with Crippen molar-refractivity contribution in [3.05, 3.63) is 22.4 Å². The van der Waals surface area contributed by atoms with E-state index in [4.69, 9.17) is 10.2 Å². The Morgan fingerprint density at radius 3 is 1.93 bits per heavy atom. The topological polar surface area (TPSA) is 91.7 Å². The highest BCUT2D eigenvalue weighted by molar-refractivity contribution is 7.12. The van der Waals surface area contributed by atoms with Crippen molar-refractivity contribution in [1.29, 1.82) is 0 Å². The number of carboxylic acid groups (broad SMARTS) is 2. The van der Waals surface area contributed by atoms with E-state index < -0.39 is 18.4 Å². The Morgan fingerprint density at radius 1 is 1.27 bits per heavy atom. The van der Waals surface area contributed by atoms with Gasteiger partial charge in [-0.2, -0.15) is 0 Å². The van der Waals surface area contributed by atoms with Crippen molar-refractivity contribution < 1.29 is 24.6 Å². The zero-order valence-electron chi connectivity index (χ0n) is 7.97. The molecule has 0 radical (unpaired) electrons. The van der Waals surface area contributed by atoms with Gasteiger partial charge in [0.25, 0.3) is 0 Å². The molecule has 0 atom stereocenters. The van der Waals surface area contributed by atoms with Crippen LogP contribution in [0.25, 0.3) is 0 Å². The molecule has 6 heteroatoms. The van der Waals surface area contributed by atoms with Gasteiger partial charge < -0.3 is 10.2 Å². The number of thiophene rings is 1. The van der Waals surface area contributed by atoms with Crippen LogP contribution < -0.4 is 0 Å². The van der Waals surface area contributed by atoms with E-state index in [-0.39, 0.29) is 5.78 Å². The molecule has 0 spiro atoms. The number of ketones is 1. The van der Waals surface area contributed by atoms with E-state index in [0.29, 0.717) is 0 Å². The summed E-state index contributed by atoms with van der Waals surface area (Å²) in [4.78, 5) is 30.2. The molecule has 0 aromatic carbocycles. The van der Waals surface area contributed by atoms with Gasteiger partial charge in [-0.15, -0.1) is 11.3 Å². The van der Waals surface area contributed by atoms with Gasteiger partial charge in [0.1, 0.15) is 6.42 Å². The summed E-state index contributed by atoms with van der Waals surface area (Å²) in [6.45, 7) is 1.58. The Bertz CT molecular complexity index is 329. The van der Waals surface area contributed by atoms with E-state index in [1.807, 2.05) is 17.5 Å². The minimum atomic E-state index is -1.31. The van der Waals surface area contributed by atoms with Gasteiger partial charge >= 0.3 is 11.9 Å². The Balaban J connectivity index is 0.000000265. The average molecular weight is 230 g/mol. The molecule has 2 N–H and O–H groups in total. The molecular formula is C9H10O5S. The van der Waals surface area contributed by atoms with Crippen LogP contribution in [0.3, 0.4) is 0 Å². The van der Waals surface area contributed by atoms with Gasteiger partial charge in [-0.3, -0.25) is 14.4 Å². The van der Waals surface area contributed by atoms with Crippen LogP contribution >= 0.6 is 11.3 Å². The third kappa shape index (κ3) is 7.39. The number of carbonyl (C=O) groups is 3. The molecule has 0 aliphatic heterocycles. The van der Waals surface area contributed by atoms with E-state index in [2.05, 4.69) is 0 Å². The molecule has 0 saturated heterocycles. The van der Waals surface area contributed by atoms with E-state index >= 15 is 0 Å². The summed E-state index contributed by atoms with van der Waals surface area (Å²) in [6.07, 6.45) is -0.806. The van der Waals surface area contributed by atoms with Crippen molar-refractivity contribution in [2.75, 3.05) is 0 Å². The highest BCUT2D eigenvalue weighted by Crippen LogP contribution is 2.07. The lowest BCUT2D eigenvalue weighted by Crippen LogP contribution is -2.03. The number of carboxylic acids is 2. The monoisotopic (exact) mass is 230 g/mol. The van der Waals surface area contributed by atoms with Gasteiger partial charge in [-0.1, -0.05) is 6.07 Å². The fourth-order valence-electron chi connectivity index (χ4n) is 0.608. The van der Waals surface area contributed by atoms with E-state index in [1.165, 1.54) is 11.3 Å². The maximum absolute atomic E-state index is 10.5. The Morgan fingerprint density at radius 2 is 1.80 bits per heavy atom. The minimum Gasteiger partial charge on any atom is -0.481 e. The number of Topliss-reactive ketones (excluding diaryl/α,β-unsaturated/α-hetero) is 1. The van der Waals surface area contributed by atoms with Gasteiger partial charge in [0.2, 0.25) is 0 Å². The lowest BCUT2D eigenvalue weighted by molar-refractivity contribution is -0.147. The molecule has 1 rings (SSSR count). The van der Waals surface area contributed by atoms with Gasteiger partial charge in [0, 0.05) is 0 Å².